The Bertz CT molecular complexity index is 657. The van der Waals surface area contributed by atoms with E-state index >= 15 is 0 Å². The Morgan fingerprint density at radius 1 is 1.38 bits per heavy atom. The van der Waals surface area contributed by atoms with E-state index in [4.69, 9.17) is 11.6 Å². The van der Waals surface area contributed by atoms with E-state index in [1.54, 1.807) is 0 Å². The quantitative estimate of drug-likeness (QED) is 0.801. The highest BCUT2D eigenvalue weighted by molar-refractivity contribution is 7.99. The maximum Gasteiger partial charge on any atom is 0.251 e. The normalized spacial score (nSPS) is 11.0. The molecule has 0 unspecified atom stereocenters. The molecule has 0 aliphatic carbocycles. The summed E-state index contributed by atoms with van der Waals surface area (Å²) in [7, 11) is 0. The van der Waals surface area contributed by atoms with Crippen molar-refractivity contribution in [3.63, 3.8) is 0 Å². The number of rotatable bonds is 6. The van der Waals surface area contributed by atoms with Crippen LogP contribution in [0.15, 0.2) is 45.3 Å². The first-order chi connectivity index (χ1) is 10.0. The maximum absolute atomic E-state index is 11.3. The summed E-state index contributed by atoms with van der Waals surface area (Å²) in [6, 6.07) is 7.14. The van der Waals surface area contributed by atoms with E-state index < -0.39 is 0 Å². The molecule has 0 atom stereocenters. The summed E-state index contributed by atoms with van der Waals surface area (Å²) in [4.78, 5) is 19.2. The third-order valence-corrected chi connectivity index (χ3v) is 4.00. The van der Waals surface area contributed by atoms with Gasteiger partial charge in [-0.2, -0.15) is 0 Å². The summed E-state index contributed by atoms with van der Waals surface area (Å²) in [6.07, 6.45) is 1.51. The molecule has 2 aromatic rings. The summed E-state index contributed by atoms with van der Waals surface area (Å²) in [5.74, 6) is 0.590. The predicted molar refractivity (Wildman–Crippen MR) is 87.0 cm³/mol. The average Bonchev–Trinajstić information content (AvgIpc) is 2.41. The molecule has 1 heterocycles. The van der Waals surface area contributed by atoms with Crippen molar-refractivity contribution in [1.29, 1.82) is 0 Å². The molecule has 0 fully saturated rings. The number of hydrogen-bond donors (Lipinski definition) is 2. The molecule has 0 saturated carbocycles. The first-order valence-electron chi connectivity index (χ1n) is 6.77. The molecule has 0 spiro atoms. The summed E-state index contributed by atoms with van der Waals surface area (Å²) in [5.41, 5.74) is 0.945. The second kappa shape index (κ2) is 7.64. The predicted octanol–water partition coefficient (Wildman–Crippen LogP) is 3.32. The van der Waals surface area contributed by atoms with Crippen LogP contribution in [0.5, 0.6) is 0 Å². The van der Waals surface area contributed by atoms with Gasteiger partial charge in [0.15, 0.2) is 5.16 Å². The molecule has 112 valence electrons. The van der Waals surface area contributed by atoms with Crippen LogP contribution in [0.25, 0.3) is 0 Å². The third-order valence-electron chi connectivity index (χ3n) is 2.75. The van der Waals surface area contributed by atoms with Crippen molar-refractivity contribution in [3.8, 4) is 0 Å². The molecule has 0 aliphatic heterocycles. The molecule has 1 aromatic heterocycles. The second-order valence-electron chi connectivity index (χ2n) is 5.12. The van der Waals surface area contributed by atoms with Crippen LogP contribution in [0.4, 0.5) is 0 Å². The van der Waals surface area contributed by atoms with Crippen LogP contribution >= 0.6 is 23.4 Å². The van der Waals surface area contributed by atoms with Gasteiger partial charge in [-0.05, 0) is 36.2 Å². The lowest BCUT2D eigenvalue weighted by molar-refractivity contribution is 0.550. The standard InChI is InChI=1S/C15H18ClN3OS/c1-10(2)8-17-9-11-7-12(16)3-4-13(11)21-15-18-6-5-14(20)19-15/h3-7,10,17H,8-9H2,1-2H3,(H,18,19,20). The lowest BCUT2D eigenvalue weighted by Gasteiger charge is -2.11. The molecule has 0 radical (unpaired) electrons. The smallest absolute Gasteiger partial charge is 0.251 e. The Hall–Kier alpha value is -1.30. The van der Waals surface area contributed by atoms with Crippen LogP contribution in [0.3, 0.4) is 0 Å². The minimum Gasteiger partial charge on any atom is -0.312 e. The molecule has 0 bridgehead atoms. The number of halogens is 1. The van der Waals surface area contributed by atoms with Gasteiger partial charge in [0.1, 0.15) is 0 Å². The molecule has 2 N–H and O–H groups in total. The molecular weight excluding hydrogens is 306 g/mol. The van der Waals surface area contributed by atoms with E-state index in [1.165, 1.54) is 24.0 Å². The van der Waals surface area contributed by atoms with Gasteiger partial charge in [0.05, 0.1) is 0 Å². The van der Waals surface area contributed by atoms with Gasteiger partial charge in [-0.15, -0.1) is 0 Å². The van der Waals surface area contributed by atoms with Crippen LogP contribution in [-0.2, 0) is 6.54 Å². The number of hydrogen-bond acceptors (Lipinski definition) is 4. The molecule has 0 amide bonds. The SMILES string of the molecule is CC(C)CNCc1cc(Cl)ccc1Sc1nccc(=O)[nH]1. The maximum atomic E-state index is 11.3. The van der Waals surface area contributed by atoms with E-state index in [1.807, 2.05) is 18.2 Å². The van der Waals surface area contributed by atoms with E-state index in [9.17, 15) is 4.79 Å². The number of nitrogens with one attached hydrogen (secondary N) is 2. The first-order valence-corrected chi connectivity index (χ1v) is 7.96. The summed E-state index contributed by atoms with van der Waals surface area (Å²) in [5, 5.41) is 4.68. The zero-order valence-corrected chi connectivity index (χ0v) is 13.6. The molecule has 0 saturated heterocycles. The molecule has 4 nitrogen and oxygen atoms in total. The van der Waals surface area contributed by atoms with Crippen LogP contribution in [0.1, 0.15) is 19.4 Å². The van der Waals surface area contributed by atoms with Gasteiger partial charge in [0.25, 0.3) is 5.56 Å². The lowest BCUT2D eigenvalue weighted by Crippen LogP contribution is -2.19. The van der Waals surface area contributed by atoms with Gasteiger partial charge >= 0.3 is 0 Å². The molecule has 1 aromatic carbocycles. The number of aromatic nitrogens is 2. The van der Waals surface area contributed by atoms with Crippen molar-refractivity contribution in [2.45, 2.75) is 30.4 Å². The van der Waals surface area contributed by atoms with Crippen molar-refractivity contribution in [3.05, 3.63) is 51.4 Å². The largest absolute Gasteiger partial charge is 0.312 e. The Balaban J connectivity index is 2.16. The molecule has 6 heteroatoms. The second-order valence-corrected chi connectivity index (χ2v) is 6.59. The zero-order chi connectivity index (χ0) is 15.2. The number of benzene rings is 1. The monoisotopic (exact) mass is 323 g/mol. The fourth-order valence-electron chi connectivity index (χ4n) is 1.79. The van der Waals surface area contributed by atoms with Crippen molar-refractivity contribution in [2.24, 2.45) is 5.92 Å². The van der Waals surface area contributed by atoms with Gasteiger partial charge in [-0.1, -0.05) is 37.2 Å². The van der Waals surface area contributed by atoms with Crippen LogP contribution in [0.2, 0.25) is 5.02 Å². The minimum absolute atomic E-state index is 0.152. The van der Waals surface area contributed by atoms with Crippen molar-refractivity contribution < 1.29 is 0 Å². The zero-order valence-electron chi connectivity index (χ0n) is 12.0. The van der Waals surface area contributed by atoms with E-state index in [-0.39, 0.29) is 5.56 Å². The number of H-pyrrole nitrogens is 1. The van der Waals surface area contributed by atoms with Gasteiger partial charge in [0.2, 0.25) is 0 Å². The molecule has 0 aliphatic rings. The van der Waals surface area contributed by atoms with Crippen LogP contribution in [-0.4, -0.2) is 16.5 Å². The summed E-state index contributed by atoms with van der Waals surface area (Å²) < 4.78 is 0. The Labute approximate surface area is 133 Å². The highest BCUT2D eigenvalue weighted by Gasteiger charge is 2.07. The number of aromatic amines is 1. The summed E-state index contributed by atoms with van der Waals surface area (Å²) >= 11 is 7.51. The fraction of sp³-hybridized carbons (Fsp3) is 0.333. The van der Waals surface area contributed by atoms with Crippen molar-refractivity contribution in [2.75, 3.05) is 6.54 Å². The topological polar surface area (TPSA) is 57.8 Å². The van der Waals surface area contributed by atoms with Gasteiger partial charge < -0.3 is 10.3 Å². The van der Waals surface area contributed by atoms with Gasteiger partial charge in [-0.25, -0.2) is 4.98 Å². The van der Waals surface area contributed by atoms with Gasteiger partial charge in [0, 0.05) is 28.7 Å². The molecular formula is C15H18ClN3OS. The molecule has 2 rings (SSSR count). The first kappa shape index (κ1) is 16.1. The van der Waals surface area contributed by atoms with Crippen LogP contribution in [0, 0.1) is 5.92 Å². The Morgan fingerprint density at radius 2 is 2.19 bits per heavy atom. The molecule has 21 heavy (non-hydrogen) atoms. The van der Waals surface area contributed by atoms with Crippen molar-refractivity contribution in [1.82, 2.24) is 15.3 Å². The van der Waals surface area contributed by atoms with Gasteiger partial charge in [-0.3, -0.25) is 4.79 Å². The fourth-order valence-corrected chi connectivity index (χ4v) is 2.86. The third kappa shape index (κ3) is 5.19. The lowest BCUT2D eigenvalue weighted by atomic mass is 10.2. The van der Waals surface area contributed by atoms with E-state index in [0.717, 1.165) is 23.5 Å². The van der Waals surface area contributed by atoms with E-state index in [0.29, 0.717) is 16.1 Å². The Kier molecular flexibility index (Phi) is 5.85. The number of nitrogens with zero attached hydrogens (tertiary/aromatic N) is 1. The van der Waals surface area contributed by atoms with Crippen molar-refractivity contribution >= 4 is 23.4 Å². The average molecular weight is 324 g/mol. The highest BCUT2D eigenvalue weighted by atomic mass is 35.5. The van der Waals surface area contributed by atoms with E-state index in [2.05, 4.69) is 29.1 Å². The minimum atomic E-state index is -0.152. The van der Waals surface area contributed by atoms with Crippen LogP contribution < -0.4 is 10.9 Å². The highest BCUT2D eigenvalue weighted by Crippen LogP contribution is 2.29. The Morgan fingerprint density at radius 3 is 2.90 bits per heavy atom. The summed E-state index contributed by atoms with van der Waals surface area (Å²) in [6.45, 7) is 6.01.